The number of hydrogen-bond donors (Lipinski definition) is 1. The van der Waals surface area contributed by atoms with Gasteiger partial charge < -0.3 is 14.6 Å². The minimum atomic E-state index is -1.19. The quantitative estimate of drug-likeness (QED) is 0.279. The molecule has 0 aliphatic heterocycles. The molecule has 7 nitrogen and oxygen atoms in total. The summed E-state index contributed by atoms with van der Waals surface area (Å²) < 4.78 is 16.0. The fraction of sp³-hybridized carbons (Fsp3) is 0.643. The van der Waals surface area contributed by atoms with E-state index in [4.69, 9.17) is 19.6 Å². The van der Waals surface area contributed by atoms with Gasteiger partial charge in [-0.25, -0.2) is 4.98 Å². The number of methoxy groups -OCH3 is 1. The Labute approximate surface area is 216 Å². The lowest BCUT2D eigenvalue weighted by atomic mass is 10.0. The maximum absolute atomic E-state index is 10.2. The molecule has 36 heavy (non-hydrogen) atoms. The Morgan fingerprint density at radius 1 is 1.14 bits per heavy atom. The molecule has 2 atom stereocenters. The van der Waals surface area contributed by atoms with Crippen LogP contribution in [-0.4, -0.2) is 52.3 Å². The molecule has 1 aliphatic carbocycles. The highest BCUT2D eigenvalue weighted by molar-refractivity contribution is 6.76. The van der Waals surface area contributed by atoms with E-state index >= 15 is 0 Å². The van der Waals surface area contributed by atoms with Gasteiger partial charge in [0.25, 0.3) is 0 Å². The van der Waals surface area contributed by atoms with Gasteiger partial charge in [-0.2, -0.15) is 5.10 Å². The van der Waals surface area contributed by atoms with Crippen molar-refractivity contribution >= 4 is 19.1 Å². The van der Waals surface area contributed by atoms with Gasteiger partial charge in [-0.05, 0) is 76.3 Å². The lowest BCUT2D eigenvalue weighted by Gasteiger charge is -2.23. The van der Waals surface area contributed by atoms with Crippen molar-refractivity contribution in [2.75, 3.05) is 13.7 Å². The number of benzene rings is 1. The normalized spacial score (nSPS) is 19.0. The largest absolute Gasteiger partial charge is 0.393 e. The number of imidazole rings is 1. The molecule has 2 heterocycles. The van der Waals surface area contributed by atoms with Crippen LogP contribution in [0.3, 0.4) is 0 Å². The smallest absolute Gasteiger partial charge is 0.161 e. The third kappa shape index (κ3) is 5.93. The summed E-state index contributed by atoms with van der Waals surface area (Å²) in [6, 6.07) is 7.63. The molecule has 198 valence electrons. The molecule has 0 spiro atoms. The second kappa shape index (κ2) is 10.4. The van der Waals surface area contributed by atoms with Gasteiger partial charge in [0.1, 0.15) is 12.4 Å². The minimum Gasteiger partial charge on any atom is -0.393 e. The molecule has 0 saturated heterocycles. The van der Waals surface area contributed by atoms with Crippen LogP contribution in [0.25, 0.3) is 22.6 Å². The van der Waals surface area contributed by atoms with Crippen LogP contribution < -0.4 is 0 Å². The third-order valence-corrected chi connectivity index (χ3v) is 8.74. The Morgan fingerprint density at radius 2 is 1.89 bits per heavy atom. The zero-order chi connectivity index (χ0) is 26.3. The van der Waals surface area contributed by atoms with Gasteiger partial charge in [0.15, 0.2) is 5.82 Å². The number of rotatable bonds is 9. The molecule has 1 saturated carbocycles. The molecule has 8 heteroatoms. The minimum absolute atomic E-state index is 0.220. The summed E-state index contributed by atoms with van der Waals surface area (Å²) in [6.45, 7) is 17.5. The van der Waals surface area contributed by atoms with Crippen LogP contribution in [0, 0.1) is 6.92 Å². The average Bonchev–Trinajstić information content (AvgIpc) is 3.46. The molecule has 1 N–H and O–H groups in total. The van der Waals surface area contributed by atoms with Crippen molar-refractivity contribution in [2.45, 2.75) is 104 Å². The highest BCUT2D eigenvalue weighted by atomic mass is 28.3. The predicted octanol–water partition coefficient (Wildman–Crippen LogP) is 6.05. The number of nitrogens with zero attached hydrogens (tertiary/aromatic N) is 4. The zero-order valence-corrected chi connectivity index (χ0v) is 24.4. The van der Waals surface area contributed by atoms with Crippen LogP contribution in [0.1, 0.15) is 62.8 Å². The van der Waals surface area contributed by atoms with Gasteiger partial charge in [0.2, 0.25) is 0 Å². The van der Waals surface area contributed by atoms with Gasteiger partial charge in [-0.1, -0.05) is 25.7 Å². The maximum atomic E-state index is 10.2. The predicted molar refractivity (Wildman–Crippen MR) is 148 cm³/mol. The number of aliphatic hydroxyl groups is 1. The Hall–Kier alpha value is -2.00. The lowest BCUT2D eigenvalue weighted by Crippen LogP contribution is -2.25. The van der Waals surface area contributed by atoms with E-state index in [2.05, 4.69) is 74.8 Å². The first-order valence-corrected chi connectivity index (χ1v) is 16.9. The van der Waals surface area contributed by atoms with E-state index < -0.39 is 8.07 Å². The second-order valence-electron chi connectivity index (χ2n) is 12.6. The molecular weight excluding hydrogens is 468 g/mol. The van der Waals surface area contributed by atoms with Crippen molar-refractivity contribution in [3.63, 3.8) is 0 Å². The summed E-state index contributed by atoms with van der Waals surface area (Å²) in [5.74, 6) is 1.16. The van der Waals surface area contributed by atoms with Crippen LogP contribution in [-0.2, 0) is 28.4 Å². The molecule has 0 amide bonds. The third-order valence-electron chi connectivity index (χ3n) is 7.04. The molecule has 0 bridgehead atoms. The summed E-state index contributed by atoms with van der Waals surface area (Å²) in [4.78, 5) is 5.17. The highest BCUT2D eigenvalue weighted by Crippen LogP contribution is 2.38. The van der Waals surface area contributed by atoms with Crippen LogP contribution in [0.15, 0.2) is 18.2 Å². The van der Waals surface area contributed by atoms with Gasteiger partial charge in [-0.3, -0.25) is 9.25 Å². The fourth-order valence-electron chi connectivity index (χ4n) is 5.15. The van der Waals surface area contributed by atoms with Gasteiger partial charge in [0.05, 0.1) is 35.0 Å². The SMILES string of the molecule is COCc1cc(C)c2c(c1)nc(-c1cc(C3CCC(O)C3)nn1C(C)(C)C)n2COCC[Si](C)(C)C. The number of aryl methyl sites for hydroxylation is 1. The van der Waals surface area contributed by atoms with E-state index in [1.165, 1.54) is 0 Å². The van der Waals surface area contributed by atoms with Crippen LogP contribution in [0.4, 0.5) is 0 Å². The monoisotopic (exact) mass is 512 g/mol. The summed E-state index contributed by atoms with van der Waals surface area (Å²) in [7, 11) is 0.534. The lowest BCUT2D eigenvalue weighted by molar-refractivity contribution is 0.0907. The first-order chi connectivity index (χ1) is 16.9. The topological polar surface area (TPSA) is 74.3 Å². The summed E-state index contributed by atoms with van der Waals surface area (Å²) in [5.41, 5.74) is 6.14. The van der Waals surface area contributed by atoms with E-state index in [0.29, 0.717) is 13.3 Å². The second-order valence-corrected chi connectivity index (χ2v) is 18.2. The first kappa shape index (κ1) is 27.0. The standard InChI is InChI=1S/C28H44N4O3Si/c1-19-13-20(17-34-5)14-24-26(19)31(18-35-11-12-36(6,7)8)27(29-24)25-16-23(21-9-10-22(33)15-21)30-32(25)28(2,3)4/h13-14,16,21-22,33H,9-12,15,17-18H2,1-8H3. The molecule has 1 aromatic carbocycles. The summed E-state index contributed by atoms with van der Waals surface area (Å²) >= 11 is 0. The number of fused-ring (bicyclic) bond motifs is 1. The van der Waals surface area contributed by atoms with Crippen molar-refractivity contribution in [1.82, 2.24) is 19.3 Å². The molecule has 2 aromatic heterocycles. The molecule has 3 aromatic rings. The van der Waals surface area contributed by atoms with Gasteiger partial charge >= 0.3 is 0 Å². The maximum Gasteiger partial charge on any atom is 0.161 e. The van der Waals surface area contributed by atoms with E-state index in [1.807, 2.05) is 0 Å². The van der Waals surface area contributed by atoms with Crippen LogP contribution in [0.2, 0.25) is 25.7 Å². The van der Waals surface area contributed by atoms with Gasteiger partial charge in [0, 0.05) is 27.7 Å². The van der Waals surface area contributed by atoms with E-state index in [0.717, 1.165) is 71.3 Å². The van der Waals surface area contributed by atoms with Crippen molar-refractivity contribution in [1.29, 1.82) is 0 Å². The molecule has 2 unspecified atom stereocenters. The first-order valence-electron chi connectivity index (χ1n) is 13.2. The van der Waals surface area contributed by atoms with Gasteiger partial charge in [-0.15, -0.1) is 0 Å². The average molecular weight is 513 g/mol. The van der Waals surface area contributed by atoms with Crippen LogP contribution in [0.5, 0.6) is 0 Å². The van der Waals surface area contributed by atoms with Crippen molar-refractivity contribution < 1.29 is 14.6 Å². The molecular formula is C28H44N4O3Si. The van der Waals surface area contributed by atoms with E-state index in [-0.39, 0.29) is 17.6 Å². The van der Waals surface area contributed by atoms with E-state index in [1.54, 1.807) is 7.11 Å². The van der Waals surface area contributed by atoms with Crippen molar-refractivity contribution in [2.24, 2.45) is 0 Å². The van der Waals surface area contributed by atoms with Crippen molar-refractivity contribution in [3.05, 3.63) is 35.0 Å². The molecule has 1 aliphatic rings. The number of hydrogen-bond acceptors (Lipinski definition) is 5. The highest BCUT2D eigenvalue weighted by Gasteiger charge is 2.31. The summed E-state index contributed by atoms with van der Waals surface area (Å²) in [5, 5.41) is 15.2. The number of ether oxygens (including phenoxy) is 2. The Kier molecular flexibility index (Phi) is 7.81. The Morgan fingerprint density at radius 3 is 2.50 bits per heavy atom. The Bertz CT molecular complexity index is 1200. The van der Waals surface area contributed by atoms with E-state index in [9.17, 15) is 5.11 Å². The van der Waals surface area contributed by atoms with Crippen LogP contribution >= 0.6 is 0 Å². The summed E-state index contributed by atoms with van der Waals surface area (Å²) in [6.07, 6.45) is 2.35. The molecule has 1 fully saturated rings. The zero-order valence-electron chi connectivity index (χ0n) is 23.4. The van der Waals surface area contributed by atoms with Crippen molar-refractivity contribution in [3.8, 4) is 11.5 Å². The Balaban J connectivity index is 1.82. The fourth-order valence-corrected chi connectivity index (χ4v) is 5.91. The number of aromatic nitrogens is 4. The number of aliphatic hydroxyl groups excluding tert-OH is 1. The molecule has 4 rings (SSSR count). The molecule has 0 radical (unpaired) electrons.